The van der Waals surface area contributed by atoms with E-state index in [0.717, 1.165) is 19.3 Å². The Hall–Kier alpha value is -0.300. The van der Waals surface area contributed by atoms with Gasteiger partial charge in [0.05, 0.1) is 6.10 Å². The summed E-state index contributed by atoms with van der Waals surface area (Å²) in [6.45, 7) is 10.7. The Morgan fingerprint density at radius 2 is 1.86 bits per heavy atom. The topological polar surface area (TPSA) is 20.2 Å². The fourth-order valence-corrected chi connectivity index (χ4v) is 1.74. The van der Waals surface area contributed by atoms with E-state index in [4.69, 9.17) is 0 Å². The SMILES string of the molecule is CCCC[C@H](O)[C@H](C=C(C)C)C(C)C. The third kappa shape index (κ3) is 5.43. The van der Waals surface area contributed by atoms with Gasteiger partial charge in [0.2, 0.25) is 0 Å². The molecule has 0 radical (unpaired) electrons. The van der Waals surface area contributed by atoms with Crippen molar-refractivity contribution >= 4 is 0 Å². The van der Waals surface area contributed by atoms with Crippen molar-refractivity contribution < 1.29 is 5.11 Å². The van der Waals surface area contributed by atoms with Crippen LogP contribution in [0, 0.1) is 11.8 Å². The van der Waals surface area contributed by atoms with Gasteiger partial charge in [-0.15, -0.1) is 0 Å². The van der Waals surface area contributed by atoms with Crippen LogP contribution in [-0.2, 0) is 0 Å². The highest BCUT2D eigenvalue weighted by atomic mass is 16.3. The third-order valence-electron chi connectivity index (χ3n) is 2.59. The fraction of sp³-hybridized carbons (Fsp3) is 0.846. The van der Waals surface area contributed by atoms with Crippen LogP contribution < -0.4 is 0 Å². The van der Waals surface area contributed by atoms with E-state index in [9.17, 15) is 5.11 Å². The molecule has 0 aliphatic rings. The summed E-state index contributed by atoms with van der Waals surface area (Å²) in [6, 6.07) is 0. The second-order valence-electron chi connectivity index (χ2n) is 4.77. The monoisotopic (exact) mass is 198 g/mol. The molecule has 1 N–H and O–H groups in total. The standard InChI is InChI=1S/C13H26O/c1-6-7-8-13(14)12(11(4)5)9-10(2)3/h9,11-14H,6-8H2,1-5H3/t12-,13+/m1/s1. The first-order chi connectivity index (χ1) is 6.49. The van der Waals surface area contributed by atoms with E-state index in [0.29, 0.717) is 11.8 Å². The average molecular weight is 198 g/mol. The van der Waals surface area contributed by atoms with Crippen molar-refractivity contribution in [3.8, 4) is 0 Å². The summed E-state index contributed by atoms with van der Waals surface area (Å²) in [5.41, 5.74) is 1.30. The van der Waals surface area contributed by atoms with Crippen LogP contribution in [-0.4, -0.2) is 11.2 Å². The molecule has 0 spiro atoms. The van der Waals surface area contributed by atoms with Gasteiger partial charge in [0, 0.05) is 5.92 Å². The highest BCUT2D eigenvalue weighted by molar-refractivity contribution is 5.00. The molecule has 14 heavy (non-hydrogen) atoms. The summed E-state index contributed by atoms with van der Waals surface area (Å²) >= 11 is 0. The molecular formula is C13H26O. The van der Waals surface area contributed by atoms with E-state index < -0.39 is 0 Å². The highest BCUT2D eigenvalue weighted by Gasteiger charge is 2.19. The Kier molecular flexibility index (Phi) is 6.90. The van der Waals surface area contributed by atoms with Crippen molar-refractivity contribution in [2.24, 2.45) is 11.8 Å². The zero-order chi connectivity index (χ0) is 11.1. The highest BCUT2D eigenvalue weighted by Crippen LogP contribution is 2.22. The maximum atomic E-state index is 10.0. The zero-order valence-corrected chi connectivity index (χ0v) is 10.4. The summed E-state index contributed by atoms with van der Waals surface area (Å²) in [5, 5.41) is 10.0. The minimum Gasteiger partial charge on any atom is -0.393 e. The van der Waals surface area contributed by atoms with Gasteiger partial charge in [-0.2, -0.15) is 0 Å². The fourth-order valence-electron chi connectivity index (χ4n) is 1.74. The van der Waals surface area contributed by atoms with Gasteiger partial charge in [0.1, 0.15) is 0 Å². The van der Waals surface area contributed by atoms with Gasteiger partial charge in [0.15, 0.2) is 0 Å². The first-order valence-electron chi connectivity index (χ1n) is 5.82. The van der Waals surface area contributed by atoms with E-state index in [-0.39, 0.29) is 6.10 Å². The molecule has 2 atom stereocenters. The van der Waals surface area contributed by atoms with Crippen LogP contribution in [0.15, 0.2) is 11.6 Å². The normalized spacial score (nSPS) is 15.4. The molecule has 0 fully saturated rings. The molecule has 0 heterocycles. The minimum atomic E-state index is -0.162. The van der Waals surface area contributed by atoms with Crippen molar-refractivity contribution in [2.45, 2.75) is 60.0 Å². The largest absolute Gasteiger partial charge is 0.393 e. The molecule has 0 saturated carbocycles. The van der Waals surface area contributed by atoms with Crippen molar-refractivity contribution in [1.29, 1.82) is 0 Å². The van der Waals surface area contributed by atoms with Gasteiger partial charge in [-0.05, 0) is 26.2 Å². The van der Waals surface area contributed by atoms with Crippen molar-refractivity contribution in [3.05, 3.63) is 11.6 Å². The maximum absolute atomic E-state index is 10.0. The lowest BCUT2D eigenvalue weighted by atomic mass is 9.86. The molecule has 0 aromatic heterocycles. The molecule has 0 bridgehead atoms. The smallest absolute Gasteiger partial charge is 0.0605 e. The van der Waals surface area contributed by atoms with Crippen molar-refractivity contribution in [2.75, 3.05) is 0 Å². The van der Waals surface area contributed by atoms with E-state index in [1.54, 1.807) is 0 Å². The number of rotatable bonds is 6. The maximum Gasteiger partial charge on any atom is 0.0605 e. The lowest BCUT2D eigenvalue weighted by Crippen LogP contribution is -2.23. The van der Waals surface area contributed by atoms with Crippen LogP contribution in [0.25, 0.3) is 0 Å². The quantitative estimate of drug-likeness (QED) is 0.644. The Morgan fingerprint density at radius 3 is 2.21 bits per heavy atom. The number of hydrogen-bond acceptors (Lipinski definition) is 1. The number of hydrogen-bond donors (Lipinski definition) is 1. The number of unbranched alkanes of at least 4 members (excludes halogenated alkanes) is 1. The summed E-state index contributed by atoms with van der Waals surface area (Å²) in [4.78, 5) is 0. The molecule has 1 heteroatoms. The molecule has 84 valence electrons. The number of aliphatic hydroxyl groups is 1. The number of aliphatic hydroxyl groups excluding tert-OH is 1. The van der Waals surface area contributed by atoms with E-state index >= 15 is 0 Å². The van der Waals surface area contributed by atoms with Crippen molar-refractivity contribution in [1.82, 2.24) is 0 Å². The lowest BCUT2D eigenvalue weighted by Gasteiger charge is -2.24. The van der Waals surface area contributed by atoms with E-state index in [1.165, 1.54) is 5.57 Å². The van der Waals surface area contributed by atoms with Gasteiger partial charge >= 0.3 is 0 Å². The van der Waals surface area contributed by atoms with E-state index in [1.807, 2.05) is 0 Å². The molecule has 0 aliphatic heterocycles. The summed E-state index contributed by atoms with van der Waals surface area (Å²) in [6.07, 6.45) is 5.27. The van der Waals surface area contributed by atoms with Gasteiger partial charge in [-0.3, -0.25) is 0 Å². The molecular weight excluding hydrogens is 172 g/mol. The molecule has 0 saturated heterocycles. The van der Waals surface area contributed by atoms with Gasteiger partial charge in [-0.25, -0.2) is 0 Å². The van der Waals surface area contributed by atoms with Gasteiger partial charge in [-0.1, -0.05) is 45.3 Å². The first kappa shape index (κ1) is 13.7. The summed E-state index contributed by atoms with van der Waals surface area (Å²) in [5.74, 6) is 0.850. The molecule has 0 aromatic rings. The summed E-state index contributed by atoms with van der Waals surface area (Å²) in [7, 11) is 0. The van der Waals surface area contributed by atoms with Gasteiger partial charge in [0.25, 0.3) is 0 Å². The molecule has 1 nitrogen and oxygen atoms in total. The second-order valence-corrected chi connectivity index (χ2v) is 4.77. The Bertz CT molecular complexity index is 166. The molecule has 0 unspecified atom stereocenters. The lowest BCUT2D eigenvalue weighted by molar-refractivity contribution is 0.0960. The molecule has 0 aromatic carbocycles. The van der Waals surface area contributed by atoms with Crippen LogP contribution in [0.4, 0.5) is 0 Å². The molecule has 0 aliphatic carbocycles. The first-order valence-corrected chi connectivity index (χ1v) is 5.82. The predicted octanol–water partition coefficient (Wildman–Crippen LogP) is 3.78. The second kappa shape index (κ2) is 7.05. The molecule has 0 rings (SSSR count). The van der Waals surface area contributed by atoms with Crippen LogP contribution in [0.1, 0.15) is 53.9 Å². The van der Waals surface area contributed by atoms with Crippen LogP contribution in [0.5, 0.6) is 0 Å². The summed E-state index contributed by atoms with van der Waals surface area (Å²) < 4.78 is 0. The predicted molar refractivity (Wildman–Crippen MR) is 63.3 cm³/mol. The zero-order valence-electron chi connectivity index (χ0n) is 10.4. The van der Waals surface area contributed by atoms with Crippen molar-refractivity contribution in [3.63, 3.8) is 0 Å². The van der Waals surface area contributed by atoms with Crippen LogP contribution in [0.3, 0.4) is 0 Å². The van der Waals surface area contributed by atoms with Crippen LogP contribution >= 0.6 is 0 Å². The Labute approximate surface area is 89.2 Å². The van der Waals surface area contributed by atoms with E-state index in [2.05, 4.69) is 40.7 Å². The van der Waals surface area contributed by atoms with Crippen LogP contribution in [0.2, 0.25) is 0 Å². The Morgan fingerprint density at radius 1 is 1.29 bits per heavy atom. The third-order valence-corrected chi connectivity index (χ3v) is 2.59. The minimum absolute atomic E-state index is 0.162. The Balaban J connectivity index is 4.26. The van der Waals surface area contributed by atoms with Gasteiger partial charge < -0.3 is 5.11 Å². The average Bonchev–Trinajstić information content (AvgIpc) is 2.09. The number of allylic oxidation sites excluding steroid dienone is 1. The molecule has 0 amide bonds.